The van der Waals surface area contributed by atoms with Crippen LogP contribution >= 0.6 is 34.6 Å². The van der Waals surface area contributed by atoms with Crippen molar-refractivity contribution in [2.75, 3.05) is 11.3 Å². The fraction of sp³-hybridized carbons (Fsp3) is 0.158. The fourth-order valence-corrected chi connectivity index (χ4v) is 4.91. The maximum Gasteiger partial charge on any atom is 0.311 e. The number of ether oxygens (including phenoxy) is 1. The average molecular weight is 416 g/mol. The molecule has 3 heterocycles. The number of hydrogen-bond donors (Lipinski definition) is 2. The number of aromatic nitrogens is 2. The Morgan fingerprint density at radius 2 is 2.22 bits per heavy atom. The van der Waals surface area contributed by atoms with Crippen molar-refractivity contribution < 1.29 is 9.53 Å². The number of esters is 1. The number of aromatic amines is 1. The Hall–Kier alpha value is -2.29. The second kappa shape index (κ2) is 8.16. The molecule has 0 fully saturated rings. The summed E-state index contributed by atoms with van der Waals surface area (Å²) in [7, 11) is 0. The molecular weight excluding hydrogens is 398 g/mol. The van der Waals surface area contributed by atoms with Gasteiger partial charge in [-0.3, -0.25) is 4.79 Å². The summed E-state index contributed by atoms with van der Waals surface area (Å²) in [6.07, 6.45) is 0.203. The van der Waals surface area contributed by atoms with Crippen molar-refractivity contribution in [3.05, 3.63) is 52.9 Å². The normalized spacial score (nSPS) is 11.0. The highest BCUT2D eigenvalue weighted by molar-refractivity contribution is 8.02. The molecule has 0 unspecified atom stereocenters. The minimum absolute atomic E-state index is 0.203. The van der Waals surface area contributed by atoms with Crippen LogP contribution in [0.15, 0.2) is 51.4 Å². The van der Waals surface area contributed by atoms with E-state index in [2.05, 4.69) is 44.3 Å². The SMILES string of the molecule is CCOC(=O)Cc1csc(-c2cc3cccc(NSc4cccs4)c3[nH]2)n1. The third-order valence-electron chi connectivity index (χ3n) is 3.83. The number of rotatable bonds is 7. The Morgan fingerprint density at radius 1 is 1.30 bits per heavy atom. The van der Waals surface area contributed by atoms with Crippen molar-refractivity contribution in [3.8, 4) is 10.7 Å². The maximum absolute atomic E-state index is 11.6. The summed E-state index contributed by atoms with van der Waals surface area (Å²) >= 11 is 4.83. The van der Waals surface area contributed by atoms with Crippen LogP contribution in [0, 0.1) is 0 Å². The molecule has 4 rings (SSSR count). The largest absolute Gasteiger partial charge is 0.466 e. The molecule has 0 atom stereocenters. The summed E-state index contributed by atoms with van der Waals surface area (Å²) in [5.41, 5.74) is 3.75. The van der Waals surface area contributed by atoms with Crippen molar-refractivity contribution in [1.29, 1.82) is 0 Å². The van der Waals surface area contributed by atoms with Gasteiger partial charge in [0.15, 0.2) is 0 Å². The molecule has 0 spiro atoms. The first kappa shape index (κ1) is 18.1. The van der Waals surface area contributed by atoms with E-state index < -0.39 is 0 Å². The van der Waals surface area contributed by atoms with E-state index in [1.165, 1.54) is 15.5 Å². The highest BCUT2D eigenvalue weighted by Gasteiger charge is 2.13. The van der Waals surface area contributed by atoms with Crippen LogP contribution in [0.5, 0.6) is 0 Å². The van der Waals surface area contributed by atoms with Crippen LogP contribution in [0.2, 0.25) is 0 Å². The van der Waals surface area contributed by atoms with Gasteiger partial charge in [-0.05, 0) is 42.5 Å². The Kier molecular flexibility index (Phi) is 5.47. The highest BCUT2D eigenvalue weighted by Crippen LogP contribution is 2.33. The molecule has 0 radical (unpaired) electrons. The average Bonchev–Trinajstić information content (AvgIpc) is 3.40. The minimum Gasteiger partial charge on any atom is -0.466 e. The number of H-pyrrole nitrogens is 1. The zero-order valence-electron chi connectivity index (χ0n) is 14.5. The number of para-hydroxylation sites is 1. The summed E-state index contributed by atoms with van der Waals surface area (Å²) in [5, 5.41) is 5.95. The van der Waals surface area contributed by atoms with Crippen LogP contribution in [0.25, 0.3) is 21.6 Å². The monoisotopic (exact) mass is 415 g/mol. The molecule has 1 aromatic carbocycles. The van der Waals surface area contributed by atoms with Crippen LogP contribution in [0.3, 0.4) is 0 Å². The van der Waals surface area contributed by atoms with Crippen molar-refractivity contribution in [2.24, 2.45) is 0 Å². The lowest BCUT2D eigenvalue weighted by Crippen LogP contribution is -2.07. The first-order chi connectivity index (χ1) is 13.2. The Bertz CT molecular complexity index is 1050. The molecule has 0 saturated carbocycles. The molecule has 5 nitrogen and oxygen atoms in total. The van der Waals surface area contributed by atoms with Crippen LogP contribution in [-0.2, 0) is 16.0 Å². The number of nitrogens with one attached hydrogen (secondary N) is 2. The van der Waals surface area contributed by atoms with E-state index in [4.69, 9.17) is 4.74 Å². The van der Waals surface area contributed by atoms with E-state index in [9.17, 15) is 4.79 Å². The minimum atomic E-state index is -0.247. The molecule has 0 bridgehead atoms. The second-order valence-corrected chi connectivity index (χ2v) is 8.63. The molecule has 0 aliphatic heterocycles. The third-order valence-corrected chi connectivity index (χ3v) is 6.61. The molecule has 4 aromatic rings. The van der Waals surface area contributed by atoms with Crippen LogP contribution in [0.1, 0.15) is 12.6 Å². The van der Waals surface area contributed by atoms with Crippen molar-refractivity contribution in [3.63, 3.8) is 0 Å². The molecule has 8 heteroatoms. The number of anilines is 1. The number of fused-ring (bicyclic) bond motifs is 1. The summed E-state index contributed by atoms with van der Waals surface area (Å²) in [6, 6.07) is 12.4. The number of carbonyl (C=O) groups is 1. The zero-order valence-corrected chi connectivity index (χ0v) is 17.0. The maximum atomic E-state index is 11.6. The van der Waals surface area contributed by atoms with E-state index in [1.54, 1.807) is 30.2 Å². The molecule has 2 N–H and O–H groups in total. The first-order valence-electron chi connectivity index (χ1n) is 8.41. The predicted octanol–water partition coefficient (Wildman–Crippen LogP) is 5.58. The molecule has 27 heavy (non-hydrogen) atoms. The Morgan fingerprint density at radius 3 is 3.04 bits per heavy atom. The van der Waals surface area contributed by atoms with Gasteiger partial charge in [0.05, 0.1) is 39.8 Å². The third kappa shape index (κ3) is 4.18. The molecule has 3 aromatic heterocycles. The molecular formula is C19H17N3O2S3. The summed E-state index contributed by atoms with van der Waals surface area (Å²) in [6.45, 7) is 2.19. The first-order valence-corrected chi connectivity index (χ1v) is 11.0. The Labute approximate surface area is 168 Å². The number of thiazole rings is 1. The second-order valence-electron chi connectivity index (χ2n) is 5.71. The number of thiophene rings is 1. The molecule has 0 aliphatic carbocycles. The smallest absolute Gasteiger partial charge is 0.311 e. The number of hydrogen-bond acceptors (Lipinski definition) is 7. The predicted molar refractivity (Wildman–Crippen MR) is 114 cm³/mol. The standard InChI is InChI=1S/C19H17N3O2S3/c1-2-24-16(23)10-13-11-26-19(20-13)15-9-12-5-3-6-14(18(12)21-15)22-27-17-7-4-8-25-17/h3-9,11,21-22H,2,10H2,1H3. The lowest BCUT2D eigenvalue weighted by Gasteiger charge is -2.04. The zero-order chi connectivity index (χ0) is 18.6. The van der Waals surface area contributed by atoms with Gasteiger partial charge < -0.3 is 14.4 Å². The van der Waals surface area contributed by atoms with E-state index >= 15 is 0 Å². The van der Waals surface area contributed by atoms with E-state index in [0.29, 0.717) is 6.61 Å². The molecule has 0 aliphatic rings. The summed E-state index contributed by atoms with van der Waals surface area (Å²) in [5.74, 6) is -0.247. The van der Waals surface area contributed by atoms with Gasteiger partial charge in [0.2, 0.25) is 0 Å². The molecule has 0 saturated heterocycles. The number of benzene rings is 1. The van der Waals surface area contributed by atoms with E-state index in [-0.39, 0.29) is 12.4 Å². The van der Waals surface area contributed by atoms with Gasteiger partial charge in [-0.1, -0.05) is 18.2 Å². The fourth-order valence-electron chi connectivity index (χ4n) is 2.66. The number of carbonyl (C=O) groups excluding carboxylic acids is 1. The van der Waals surface area contributed by atoms with Gasteiger partial charge in [0.1, 0.15) is 5.01 Å². The van der Waals surface area contributed by atoms with Gasteiger partial charge in [-0.25, -0.2) is 4.98 Å². The van der Waals surface area contributed by atoms with Crippen molar-refractivity contribution in [2.45, 2.75) is 17.6 Å². The van der Waals surface area contributed by atoms with Crippen LogP contribution in [-0.4, -0.2) is 22.5 Å². The van der Waals surface area contributed by atoms with Gasteiger partial charge in [-0.2, -0.15) is 0 Å². The lowest BCUT2D eigenvalue weighted by atomic mass is 10.2. The summed E-state index contributed by atoms with van der Waals surface area (Å²) in [4.78, 5) is 19.7. The van der Waals surface area contributed by atoms with Gasteiger partial charge in [-0.15, -0.1) is 22.7 Å². The summed E-state index contributed by atoms with van der Waals surface area (Å²) < 4.78 is 9.62. The molecule has 138 valence electrons. The molecule has 0 amide bonds. The van der Waals surface area contributed by atoms with Gasteiger partial charge >= 0.3 is 5.97 Å². The quantitative estimate of drug-likeness (QED) is 0.305. The van der Waals surface area contributed by atoms with Crippen molar-refractivity contribution >= 4 is 57.2 Å². The van der Waals surface area contributed by atoms with Crippen LogP contribution < -0.4 is 4.72 Å². The van der Waals surface area contributed by atoms with Gasteiger partial charge in [0.25, 0.3) is 0 Å². The Balaban J connectivity index is 1.55. The number of nitrogens with zero attached hydrogens (tertiary/aromatic N) is 1. The van der Waals surface area contributed by atoms with Gasteiger partial charge in [0, 0.05) is 10.8 Å². The lowest BCUT2D eigenvalue weighted by molar-refractivity contribution is -0.142. The topological polar surface area (TPSA) is 67.0 Å². The van der Waals surface area contributed by atoms with Crippen molar-refractivity contribution in [1.82, 2.24) is 9.97 Å². The highest BCUT2D eigenvalue weighted by atomic mass is 32.2. The van der Waals surface area contributed by atoms with Crippen LogP contribution in [0.4, 0.5) is 5.69 Å². The van der Waals surface area contributed by atoms with E-state index in [0.717, 1.165) is 33.0 Å². The van der Waals surface area contributed by atoms with E-state index in [1.807, 2.05) is 17.5 Å².